The van der Waals surface area contributed by atoms with E-state index in [2.05, 4.69) is 23.6 Å². The van der Waals surface area contributed by atoms with E-state index in [1.54, 1.807) is 0 Å². The minimum Gasteiger partial charge on any atom is -0.392 e. The molecule has 13 heavy (non-hydrogen) atoms. The molecule has 1 saturated heterocycles. The Balaban J connectivity index is 2.11. The van der Waals surface area contributed by atoms with Crippen LogP contribution in [-0.4, -0.2) is 60.3 Å². The monoisotopic (exact) mass is 186 g/mol. The molecule has 0 bridgehead atoms. The zero-order chi connectivity index (χ0) is 9.68. The lowest BCUT2D eigenvalue weighted by atomic mass is 10.3. The highest BCUT2D eigenvalue weighted by molar-refractivity contribution is 4.74. The van der Waals surface area contributed by atoms with Gasteiger partial charge in [-0.25, -0.2) is 0 Å². The van der Waals surface area contributed by atoms with Gasteiger partial charge in [0.05, 0.1) is 6.10 Å². The van der Waals surface area contributed by atoms with Crippen molar-refractivity contribution in [1.82, 2.24) is 9.80 Å². The first-order chi connectivity index (χ1) is 6.26. The molecule has 1 heterocycles. The van der Waals surface area contributed by atoms with Gasteiger partial charge in [0, 0.05) is 26.2 Å². The van der Waals surface area contributed by atoms with Gasteiger partial charge in [0.25, 0.3) is 0 Å². The maximum absolute atomic E-state index is 9.32. The summed E-state index contributed by atoms with van der Waals surface area (Å²) in [7, 11) is 0. The highest BCUT2D eigenvalue weighted by Gasteiger charge is 2.19. The third-order valence-electron chi connectivity index (χ3n) is 2.87. The van der Waals surface area contributed by atoms with Crippen molar-refractivity contribution in [1.29, 1.82) is 0 Å². The van der Waals surface area contributed by atoms with Gasteiger partial charge in [0.2, 0.25) is 0 Å². The predicted octanol–water partition coefficient (Wildman–Crippen LogP) is 0.395. The summed E-state index contributed by atoms with van der Waals surface area (Å²) >= 11 is 0. The molecule has 0 aromatic rings. The van der Waals surface area contributed by atoms with E-state index < -0.39 is 0 Å². The van der Waals surface area contributed by atoms with Crippen LogP contribution >= 0.6 is 0 Å². The van der Waals surface area contributed by atoms with Gasteiger partial charge in [-0.1, -0.05) is 13.8 Å². The van der Waals surface area contributed by atoms with Gasteiger partial charge in [-0.05, 0) is 19.5 Å². The standard InChI is InChI=1S/C10H22N2O/c1-3-11(4-2)7-8-12-6-5-10(13)9-12/h10,13H,3-9H2,1-2H3/t10-/m0/s1. The largest absolute Gasteiger partial charge is 0.392 e. The van der Waals surface area contributed by atoms with Crippen molar-refractivity contribution in [2.75, 3.05) is 39.3 Å². The van der Waals surface area contributed by atoms with Crippen LogP contribution in [0, 0.1) is 0 Å². The minimum absolute atomic E-state index is 0.0725. The van der Waals surface area contributed by atoms with Crippen LogP contribution < -0.4 is 0 Å². The Morgan fingerprint density at radius 1 is 1.38 bits per heavy atom. The quantitative estimate of drug-likeness (QED) is 0.673. The summed E-state index contributed by atoms with van der Waals surface area (Å²) in [6, 6.07) is 0. The highest BCUT2D eigenvalue weighted by Crippen LogP contribution is 2.07. The summed E-state index contributed by atoms with van der Waals surface area (Å²) < 4.78 is 0. The first-order valence-corrected chi connectivity index (χ1v) is 5.39. The smallest absolute Gasteiger partial charge is 0.0679 e. The average Bonchev–Trinajstić information content (AvgIpc) is 2.53. The van der Waals surface area contributed by atoms with Crippen LogP contribution in [0.25, 0.3) is 0 Å². The molecule has 1 N–H and O–H groups in total. The fraction of sp³-hybridized carbons (Fsp3) is 1.00. The van der Waals surface area contributed by atoms with Crippen LogP contribution in [0.4, 0.5) is 0 Å². The first kappa shape index (κ1) is 11.0. The van der Waals surface area contributed by atoms with Crippen molar-refractivity contribution in [3.63, 3.8) is 0 Å². The molecule has 3 nitrogen and oxygen atoms in total. The summed E-state index contributed by atoms with van der Waals surface area (Å²) in [5, 5.41) is 9.32. The Hall–Kier alpha value is -0.120. The van der Waals surface area contributed by atoms with Crippen molar-refractivity contribution >= 4 is 0 Å². The number of hydrogen-bond acceptors (Lipinski definition) is 3. The molecule has 0 spiro atoms. The van der Waals surface area contributed by atoms with Gasteiger partial charge in [-0.2, -0.15) is 0 Å². The van der Waals surface area contributed by atoms with E-state index in [0.29, 0.717) is 0 Å². The number of likely N-dealkylation sites (N-methyl/N-ethyl adjacent to an activating group) is 1. The van der Waals surface area contributed by atoms with E-state index in [1.807, 2.05) is 0 Å². The lowest BCUT2D eigenvalue weighted by molar-refractivity contribution is 0.169. The van der Waals surface area contributed by atoms with Crippen molar-refractivity contribution in [2.45, 2.75) is 26.4 Å². The SMILES string of the molecule is CCN(CC)CCN1CC[C@H](O)C1. The fourth-order valence-corrected chi connectivity index (χ4v) is 1.84. The molecule has 3 heteroatoms. The van der Waals surface area contributed by atoms with Crippen LogP contribution in [-0.2, 0) is 0 Å². The summed E-state index contributed by atoms with van der Waals surface area (Å²) in [5.74, 6) is 0. The number of nitrogens with zero attached hydrogens (tertiary/aromatic N) is 2. The highest BCUT2D eigenvalue weighted by atomic mass is 16.3. The molecule has 1 atom stereocenters. The number of β-amino-alcohol motifs (C(OH)–C–C–N with tert-alkyl or cyclic N) is 1. The second kappa shape index (κ2) is 5.58. The molecule has 1 rings (SSSR count). The van der Waals surface area contributed by atoms with E-state index in [-0.39, 0.29) is 6.10 Å². The Morgan fingerprint density at radius 3 is 2.54 bits per heavy atom. The number of likely N-dealkylation sites (tertiary alicyclic amines) is 1. The molecule has 0 amide bonds. The van der Waals surface area contributed by atoms with Gasteiger partial charge in [-0.3, -0.25) is 4.90 Å². The minimum atomic E-state index is -0.0725. The molecule has 0 radical (unpaired) electrons. The van der Waals surface area contributed by atoms with E-state index in [1.165, 1.54) is 0 Å². The molecule has 1 aliphatic heterocycles. The Bertz CT molecular complexity index is 137. The van der Waals surface area contributed by atoms with Crippen LogP contribution in [0.1, 0.15) is 20.3 Å². The third-order valence-corrected chi connectivity index (χ3v) is 2.87. The van der Waals surface area contributed by atoms with Crippen LogP contribution in [0.2, 0.25) is 0 Å². The zero-order valence-electron chi connectivity index (χ0n) is 8.87. The Kier molecular flexibility index (Phi) is 4.70. The molecule has 0 aromatic carbocycles. The fourth-order valence-electron chi connectivity index (χ4n) is 1.84. The van der Waals surface area contributed by atoms with E-state index in [4.69, 9.17) is 0 Å². The normalized spacial score (nSPS) is 24.5. The van der Waals surface area contributed by atoms with Crippen LogP contribution in [0.3, 0.4) is 0 Å². The molecule has 1 fully saturated rings. The molecule has 0 unspecified atom stereocenters. The molecule has 0 aromatic heterocycles. The maximum atomic E-state index is 9.32. The van der Waals surface area contributed by atoms with Gasteiger partial charge in [-0.15, -0.1) is 0 Å². The summed E-state index contributed by atoms with van der Waals surface area (Å²) in [5.41, 5.74) is 0. The summed E-state index contributed by atoms with van der Waals surface area (Å²) in [6.07, 6.45) is 0.884. The van der Waals surface area contributed by atoms with Gasteiger partial charge < -0.3 is 10.0 Å². The zero-order valence-corrected chi connectivity index (χ0v) is 8.87. The van der Waals surface area contributed by atoms with Crippen molar-refractivity contribution in [3.05, 3.63) is 0 Å². The van der Waals surface area contributed by atoms with Crippen molar-refractivity contribution in [2.24, 2.45) is 0 Å². The summed E-state index contributed by atoms with van der Waals surface area (Å²) in [4.78, 5) is 4.77. The second-order valence-corrected chi connectivity index (χ2v) is 3.77. The number of rotatable bonds is 5. The topological polar surface area (TPSA) is 26.7 Å². The van der Waals surface area contributed by atoms with Gasteiger partial charge >= 0.3 is 0 Å². The third kappa shape index (κ3) is 3.63. The number of hydrogen-bond donors (Lipinski definition) is 1. The summed E-state index contributed by atoms with van der Waals surface area (Å²) in [6.45, 7) is 10.9. The molecular weight excluding hydrogens is 164 g/mol. The molecular formula is C10H22N2O. The van der Waals surface area contributed by atoms with Gasteiger partial charge in [0.15, 0.2) is 0 Å². The maximum Gasteiger partial charge on any atom is 0.0679 e. The Labute approximate surface area is 81.3 Å². The molecule has 0 saturated carbocycles. The number of aliphatic hydroxyl groups is 1. The van der Waals surface area contributed by atoms with E-state index in [9.17, 15) is 5.11 Å². The Morgan fingerprint density at radius 2 is 2.08 bits per heavy atom. The molecule has 78 valence electrons. The molecule has 0 aliphatic carbocycles. The first-order valence-electron chi connectivity index (χ1n) is 5.39. The number of aliphatic hydroxyl groups excluding tert-OH is 1. The van der Waals surface area contributed by atoms with Crippen LogP contribution in [0.5, 0.6) is 0 Å². The van der Waals surface area contributed by atoms with E-state index >= 15 is 0 Å². The van der Waals surface area contributed by atoms with Crippen molar-refractivity contribution in [3.8, 4) is 0 Å². The van der Waals surface area contributed by atoms with E-state index in [0.717, 1.165) is 45.7 Å². The second-order valence-electron chi connectivity index (χ2n) is 3.77. The average molecular weight is 186 g/mol. The lowest BCUT2D eigenvalue weighted by Gasteiger charge is -2.22. The predicted molar refractivity (Wildman–Crippen MR) is 54.9 cm³/mol. The molecule has 1 aliphatic rings. The van der Waals surface area contributed by atoms with Crippen LogP contribution in [0.15, 0.2) is 0 Å². The van der Waals surface area contributed by atoms with Gasteiger partial charge in [0.1, 0.15) is 0 Å². The lowest BCUT2D eigenvalue weighted by Crippen LogP contribution is -2.34. The van der Waals surface area contributed by atoms with Crippen molar-refractivity contribution < 1.29 is 5.11 Å².